The van der Waals surface area contributed by atoms with Crippen LogP contribution in [0.4, 0.5) is 17.3 Å². The van der Waals surface area contributed by atoms with E-state index in [2.05, 4.69) is 184 Å². The number of hydrogen-bond acceptors (Lipinski definition) is 2. The van der Waals surface area contributed by atoms with E-state index >= 15 is 0 Å². The summed E-state index contributed by atoms with van der Waals surface area (Å²) in [5.74, 6) is 7.04. The molecule has 1 fully saturated rings. The molecule has 9 heteroatoms. The minimum atomic E-state index is -6.00. The van der Waals surface area contributed by atoms with Crippen LogP contribution in [0.15, 0.2) is 152 Å². The van der Waals surface area contributed by atoms with Gasteiger partial charge in [0.25, 0.3) is 8.32 Å². The highest BCUT2D eigenvalue weighted by molar-refractivity contribution is 7.96. The molecular weight excluding hydrogens is 682 g/mol. The van der Waals surface area contributed by atoms with Gasteiger partial charge in [0, 0.05) is 6.42 Å². The average molecular weight is 727 g/mol. The summed E-state index contributed by atoms with van der Waals surface area (Å²) in [6, 6.07) is 54.7. The Bertz CT molecular complexity index is 1710. The highest BCUT2D eigenvalue weighted by atomic mass is 31.2. The van der Waals surface area contributed by atoms with Crippen molar-refractivity contribution in [1.82, 2.24) is 0 Å². The molecule has 1 heterocycles. The zero-order chi connectivity index (χ0) is 36.4. The Hall–Kier alpha value is -3.99. The molecule has 0 saturated carbocycles. The van der Waals surface area contributed by atoms with Gasteiger partial charge < -0.3 is 26.4 Å². The number of halogens is 4. The van der Waals surface area contributed by atoms with E-state index in [1.165, 1.54) is 26.3 Å². The molecule has 5 aromatic rings. The van der Waals surface area contributed by atoms with Crippen LogP contribution in [0.2, 0.25) is 5.04 Å². The smallest absolute Gasteiger partial charge is 0.418 e. The zero-order valence-electron chi connectivity index (χ0n) is 29.3. The standard InChI is InChI=1S/C42H44O2PSi.BF4/c1-42(2,3)46(39-29-15-7-16-30-39,40-31-17-8-18-32-40)43-34-20-22-35-21-19-33-41(44-35)45(36-23-9-4-10-24-36,37-25-11-5-12-26-37)38-27-13-6-14-28-38;2-1(3,4)5/h4-18,23-32,35,41H,19,21,33-34H2,1-3H3;/q+1;-1. The summed E-state index contributed by atoms with van der Waals surface area (Å²) in [7, 11) is -10.8. The lowest BCUT2D eigenvalue weighted by molar-refractivity contribution is 0.0271. The van der Waals surface area contributed by atoms with Gasteiger partial charge in [-0.25, -0.2) is 0 Å². The van der Waals surface area contributed by atoms with Crippen molar-refractivity contribution in [2.75, 3.05) is 6.61 Å². The van der Waals surface area contributed by atoms with E-state index in [0.29, 0.717) is 6.61 Å². The molecule has 6 rings (SSSR count). The van der Waals surface area contributed by atoms with Crippen molar-refractivity contribution in [3.8, 4) is 11.8 Å². The molecule has 1 aliphatic rings. The minimum Gasteiger partial charge on any atom is -0.418 e. The summed E-state index contributed by atoms with van der Waals surface area (Å²) in [5.41, 5.74) is 0. The largest absolute Gasteiger partial charge is 0.673 e. The summed E-state index contributed by atoms with van der Waals surface area (Å²) in [4.78, 5) is 0. The van der Waals surface area contributed by atoms with Crippen LogP contribution in [0.1, 0.15) is 40.0 Å². The Morgan fingerprint density at radius 2 is 1.02 bits per heavy atom. The predicted molar refractivity (Wildman–Crippen MR) is 209 cm³/mol. The van der Waals surface area contributed by atoms with Crippen LogP contribution in [-0.4, -0.2) is 34.1 Å². The lowest BCUT2D eigenvalue weighted by Gasteiger charge is -2.42. The number of benzene rings is 5. The molecule has 51 heavy (non-hydrogen) atoms. The van der Waals surface area contributed by atoms with Crippen LogP contribution in [-0.2, 0) is 9.16 Å². The molecule has 0 radical (unpaired) electrons. The third-order valence-electron chi connectivity index (χ3n) is 9.20. The van der Waals surface area contributed by atoms with Crippen LogP contribution in [0.3, 0.4) is 0 Å². The molecule has 1 aliphatic heterocycles. The second-order valence-corrected chi connectivity index (χ2v) is 21.4. The Morgan fingerprint density at radius 1 is 0.647 bits per heavy atom. The summed E-state index contributed by atoms with van der Waals surface area (Å²) in [6.07, 6.45) is 2.87. The highest BCUT2D eigenvalue weighted by Crippen LogP contribution is 2.62. The van der Waals surface area contributed by atoms with Crippen molar-refractivity contribution in [3.05, 3.63) is 152 Å². The first-order valence-corrected chi connectivity index (χ1v) is 21.0. The van der Waals surface area contributed by atoms with Crippen molar-refractivity contribution in [2.45, 2.75) is 57.0 Å². The van der Waals surface area contributed by atoms with Crippen LogP contribution < -0.4 is 26.3 Å². The summed E-state index contributed by atoms with van der Waals surface area (Å²) in [5, 5.41) is 6.50. The first kappa shape index (κ1) is 38.2. The van der Waals surface area contributed by atoms with Crippen molar-refractivity contribution < 1.29 is 26.4 Å². The quantitative estimate of drug-likeness (QED) is 0.0690. The number of hydrogen-bond donors (Lipinski definition) is 0. The SMILES string of the molecule is CC(C)(C)[Si](OCC#CC1CCCC([P+](c2ccccc2)(c2ccccc2)c2ccccc2)O1)(c1ccccc1)c1ccccc1.F[B-](F)(F)F. The fraction of sp³-hybridized carbons (Fsp3) is 0.238. The lowest BCUT2D eigenvalue weighted by atomic mass is 10.1. The maximum atomic E-state index is 9.75. The molecular formula is C42H44BF4O2PSi. The summed E-state index contributed by atoms with van der Waals surface area (Å²) < 4.78 is 53.2. The van der Waals surface area contributed by atoms with Crippen molar-refractivity contribution in [3.63, 3.8) is 0 Å². The van der Waals surface area contributed by atoms with Crippen molar-refractivity contribution in [2.24, 2.45) is 0 Å². The molecule has 1 saturated heterocycles. The number of rotatable bonds is 8. The molecule has 0 spiro atoms. The monoisotopic (exact) mass is 726 g/mol. The Labute approximate surface area is 301 Å². The van der Waals surface area contributed by atoms with Crippen LogP contribution in [0, 0.1) is 11.8 Å². The fourth-order valence-electron chi connectivity index (χ4n) is 7.19. The molecule has 0 N–H and O–H groups in total. The second kappa shape index (κ2) is 17.0. The van der Waals surface area contributed by atoms with Crippen LogP contribution in [0.25, 0.3) is 0 Å². The van der Waals surface area contributed by atoms with E-state index in [4.69, 9.17) is 9.16 Å². The molecule has 5 aromatic carbocycles. The number of ether oxygens (including phenoxy) is 1. The molecule has 2 nitrogen and oxygen atoms in total. The maximum Gasteiger partial charge on any atom is 0.673 e. The lowest BCUT2D eigenvalue weighted by Crippen LogP contribution is -2.66. The van der Waals surface area contributed by atoms with E-state index in [1.807, 2.05) is 0 Å². The molecule has 0 aromatic heterocycles. The third kappa shape index (κ3) is 9.09. The van der Waals surface area contributed by atoms with Crippen molar-refractivity contribution >= 4 is 49.1 Å². The Morgan fingerprint density at radius 3 is 1.39 bits per heavy atom. The van der Waals surface area contributed by atoms with Gasteiger partial charge in [0.15, 0.2) is 5.85 Å². The van der Waals surface area contributed by atoms with Gasteiger partial charge in [0.1, 0.15) is 29.3 Å². The molecule has 0 bridgehead atoms. The van der Waals surface area contributed by atoms with Crippen LogP contribution in [0.5, 0.6) is 0 Å². The second-order valence-electron chi connectivity index (χ2n) is 13.5. The fourth-order valence-corrected chi connectivity index (χ4v) is 16.4. The Balaban J connectivity index is 0.000000943. The van der Waals surface area contributed by atoms with Crippen LogP contribution >= 0.6 is 7.26 Å². The van der Waals surface area contributed by atoms with Gasteiger partial charge in [-0.05, 0) is 64.7 Å². The predicted octanol–water partition coefficient (Wildman–Crippen LogP) is 8.76. The zero-order valence-corrected chi connectivity index (χ0v) is 31.2. The normalized spacial score (nSPS) is 16.6. The van der Waals surface area contributed by atoms with Gasteiger partial charge in [-0.1, -0.05) is 148 Å². The van der Waals surface area contributed by atoms with Gasteiger partial charge in [0.2, 0.25) is 0 Å². The molecule has 264 valence electrons. The van der Waals surface area contributed by atoms with Gasteiger partial charge >= 0.3 is 7.25 Å². The van der Waals surface area contributed by atoms with E-state index in [1.54, 1.807) is 0 Å². The Kier molecular flexibility index (Phi) is 12.8. The van der Waals surface area contributed by atoms with Gasteiger partial charge in [-0.15, -0.1) is 0 Å². The first-order valence-electron chi connectivity index (χ1n) is 17.3. The summed E-state index contributed by atoms with van der Waals surface area (Å²) in [6.45, 7) is 7.29. The third-order valence-corrected chi connectivity index (χ3v) is 18.8. The van der Waals surface area contributed by atoms with Gasteiger partial charge in [0.05, 0.1) is 6.61 Å². The first-order chi connectivity index (χ1) is 24.5. The molecule has 2 atom stereocenters. The van der Waals surface area contributed by atoms with E-state index < -0.39 is 22.8 Å². The summed E-state index contributed by atoms with van der Waals surface area (Å²) >= 11 is 0. The van der Waals surface area contributed by atoms with Gasteiger partial charge in [-0.3, -0.25) is 0 Å². The average Bonchev–Trinajstić information content (AvgIpc) is 3.13. The van der Waals surface area contributed by atoms with E-state index in [9.17, 15) is 17.3 Å². The van der Waals surface area contributed by atoms with Gasteiger partial charge in [-0.2, -0.15) is 0 Å². The maximum absolute atomic E-state index is 9.75. The van der Waals surface area contributed by atoms with Crippen molar-refractivity contribution in [1.29, 1.82) is 0 Å². The molecule has 2 unspecified atom stereocenters. The van der Waals surface area contributed by atoms with E-state index in [-0.39, 0.29) is 17.0 Å². The molecule has 0 amide bonds. The topological polar surface area (TPSA) is 18.5 Å². The van der Waals surface area contributed by atoms with E-state index in [0.717, 1.165) is 19.3 Å². The molecule has 0 aliphatic carbocycles. The minimum absolute atomic E-state index is 0.0327. The highest BCUT2D eigenvalue weighted by Gasteiger charge is 2.54.